The molecule has 29 heavy (non-hydrogen) atoms. The lowest BCUT2D eigenvalue weighted by atomic mass is 10.1. The Hall–Kier alpha value is -2.28. The lowest BCUT2D eigenvalue weighted by Gasteiger charge is -2.27. The van der Waals surface area contributed by atoms with Gasteiger partial charge in [-0.3, -0.25) is 20.2 Å². The number of rotatable bonds is 8. The quantitative estimate of drug-likeness (QED) is 0.526. The normalized spacial score (nSPS) is 19.8. The van der Waals surface area contributed by atoms with Crippen molar-refractivity contribution in [3.63, 3.8) is 0 Å². The fourth-order valence-electron chi connectivity index (χ4n) is 3.78. The molecule has 1 aromatic rings. The van der Waals surface area contributed by atoms with E-state index < -0.39 is 0 Å². The van der Waals surface area contributed by atoms with Gasteiger partial charge in [-0.25, -0.2) is 0 Å². The molecule has 0 aromatic heterocycles. The van der Waals surface area contributed by atoms with Crippen molar-refractivity contribution in [2.24, 2.45) is 9.98 Å². The molecule has 0 saturated carbocycles. The summed E-state index contributed by atoms with van der Waals surface area (Å²) in [4.78, 5) is 13.2. The molecule has 1 unspecified atom stereocenters. The lowest BCUT2D eigenvalue weighted by Crippen LogP contribution is -2.42. The van der Waals surface area contributed by atoms with Crippen molar-refractivity contribution in [2.45, 2.75) is 32.4 Å². The lowest BCUT2D eigenvalue weighted by molar-refractivity contribution is 0.233. The minimum absolute atomic E-state index is 0.233. The molecular weight excluding hydrogens is 360 g/mol. The van der Waals surface area contributed by atoms with E-state index in [0.717, 1.165) is 63.6 Å². The summed E-state index contributed by atoms with van der Waals surface area (Å²) < 4.78 is 0. The van der Waals surface area contributed by atoms with Gasteiger partial charge in [-0.2, -0.15) is 0 Å². The smallest absolute Gasteiger partial charge is 0.130 e. The summed E-state index contributed by atoms with van der Waals surface area (Å²) in [7, 11) is 0. The van der Waals surface area contributed by atoms with Crippen molar-refractivity contribution < 1.29 is 0 Å². The summed E-state index contributed by atoms with van der Waals surface area (Å²) in [5, 5.41) is 6.90. The van der Waals surface area contributed by atoms with Crippen LogP contribution in [0.3, 0.4) is 0 Å². The molecule has 0 amide bonds. The third kappa shape index (κ3) is 6.35. The van der Waals surface area contributed by atoms with E-state index in [2.05, 4.69) is 69.9 Å². The van der Waals surface area contributed by atoms with E-state index in [9.17, 15) is 0 Å². The summed E-state index contributed by atoms with van der Waals surface area (Å²) in [5.41, 5.74) is 3.77. The van der Waals surface area contributed by atoms with E-state index in [1.807, 2.05) is 6.08 Å². The minimum atomic E-state index is 0.233. The molecule has 2 aliphatic rings. The molecule has 6 heteroatoms. The third-order valence-corrected chi connectivity index (χ3v) is 5.57. The second-order valence-electron chi connectivity index (χ2n) is 7.69. The van der Waals surface area contributed by atoms with E-state index in [1.165, 1.54) is 11.1 Å². The molecule has 2 heterocycles. The largest absolute Gasteiger partial charge is 0.331 e. The average molecular weight is 395 g/mol. The van der Waals surface area contributed by atoms with Crippen molar-refractivity contribution in [1.82, 2.24) is 20.4 Å². The number of amidine groups is 1. The number of aliphatic imine (C=N–C) groups is 2. The number of likely N-dealkylation sites (tertiary alicyclic amines) is 1. The van der Waals surface area contributed by atoms with Gasteiger partial charge in [0.15, 0.2) is 0 Å². The predicted octanol–water partition coefficient (Wildman–Crippen LogP) is 2.92. The second kappa shape index (κ2) is 11.0. The molecule has 1 atom stereocenters. The fraction of sp³-hybridized carbons (Fsp3) is 0.478. The zero-order chi connectivity index (χ0) is 20.5. The Morgan fingerprint density at radius 2 is 2.00 bits per heavy atom. The Morgan fingerprint density at radius 3 is 2.66 bits per heavy atom. The maximum atomic E-state index is 4.74. The Bertz CT molecular complexity index is 730. The summed E-state index contributed by atoms with van der Waals surface area (Å²) in [6.07, 6.45) is 5.74. The number of nitrogens with zero attached hydrogens (tertiary/aromatic N) is 4. The van der Waals surface area contributed by atoms with Crippen LogP contribution in [-0.4, -0.2) is 61.7 Å². The Balaban J connectivity index is 1.53. The molecule has 0 radical (unpaired) electrons. The number of benzene rings is 1. The van der Waals surface area contributed by atoms with Crippen molar-refractivity contribution in [3.05, 3.63) is 59.9 Å². The van der Waals surface area contributed by atoms with E-state index >= 15 is 0 Å². The van der Waals surface area contributed by atoms with Gasteiger partial charge in [0.25, 0.3) is 0 Å². The number of nitrogens with one attached hydrogen (secondary N) is 2. The van der Waals surface area contributed by atoms with Gasteiger partial charge in [-0.05, 0) is 43.7 Å². The average Bonchev–Trinajstić information content (AvgIpc) is 3.17. The Kier molecular flexibility index (Phi) is 8.16. The van der Waals surface area contributed by atoms with Gasteiger partial charge in [0, 0.05) is 57.2 Å². The van der Waals surface area contributed by atoms with Crippen molar-refractivity contribution in [1.29, 1.82) is 0 Å². The number of allylic oxidation sites excluding steroid dienone is 1. The van der Waals surface area contributed by atoms with Gasteiger partial charge >= 0.3 is 0 Å². The third-order valence-electron chi connectivity index (χ3n) is 5.57. The van der Waals surface area contributed by atoms with Crippen molar-refractivity contribution in [2.75, 3.05) is 39.4 Å². The molecule has 6 nitrogen and oxygen atoms in total. The van der Waals surface area contributed by atoms with Gasteiger partial charge < -0.3 is 10.2 Å². The highest BCUT2D eigenvalue weighted by molar-refractivity contribution is 5.94. The highest BCUT2D eigenvalue weighted by Gasteiger charge is 2.18. The first-order valence-corrected chi connectivity index (χ1v) is 10.5. The zero-order valence-electron chi connectivity index (χ0n) is 17.6. The molecule has 0 spiro atoms. The number of piperazine rings is 1. The van der Waals surface area contributed by atoms with Crippen LogP contribution in [0.25, 0.3) is 0 Å². The molecule has 3 rings (SSSR count). The van der Waals surface area contributed by atoms with Crippen LogP contribution in [0.15, 0.2) is 58.8 Å². The van der Waals surface area contributed by atoms with Gasteiger partial charge in [0.05, 0.1) is 6.67 Å². The van der Waals surface area contributed by atoms with Crippen LogP contribution in [-0.2, 0) is 6.54 Å². The summed E-state index contributed by atoms with van der Waals surface area (Å²) >= 11 is 0. The molecule has 0 aliphatic carbocycles. The van der Waals surface area contributed by atoms with Crippen LogP contribution in [0.4, 0.5) is 0 Å². The van der Waals surface area contributed by atoms with Crippen LogP contribution in [0, 0.1) is 0 Å². The highest BCUT2D eigenvalue weighted by atomic mass is 15.2. The Labute approximate surface area is 175 Å². The van der Waals surface area contributed by atoms with E-state index in [-0.39, 0.29) is 6.04 Å². The summed E-state index contributed by atoms with van der Waals surface area (Å²) in [5.74, 6) is 0.894. The molecule has 2 aliphatic heterocycles. The van der Waals surface area contributed by atoms with E-state index in [0.29, 0.717) is 6.67 Å². The maximum Gasteiger partial charge on any atom is 0.130 e. The van der Waals surface area contributed by atoms with Gasteiger partial charge in [-0.1, -0.05) is 30.8 Å². The fourth-order valence-corrected chi connectivity index (χ4v) is 3.78. The first kappa shape index (κ1) is 21.4. The topological polar surface area (TPSA) is 55.3 Å². The van der Waals surface area contributed by atoms with Gasteiger partial charge in [0.2, 0.25) is 0 Å². The van der Waals surface area contributed by atoms with Crippen LogP contribution < -0.4 is 10.6 Å². The SMILES string of the molecule is C=N/C=C\C(=N/CNC(C)c1ccc(CN2CCNCC2)cc1)N1CCCC1=C. The standard InChI is InChI=1S/C23H34N6/c1-19-5-4-14-29(19)23(10-11-24-3)27-18-26-20(2)22-8-6-21(7-9-22)17-28-15-12-25-13-16-28/h6-11,20,25-26H,1,3-5,12-18H2,2H3/b11-10-,27-23+. The second-order valence-corrected chi connectivity index (χ2v) is 7.69. The molecular formula is C23H34N6. The highest BCUT2D eigenvalue weighted by Crippen LogP contribution is 2.20. The molecule has 156 valence electrons. The summed E-state index contributed by atoms with van der Waals surface area (Å²) in [6, 6.07) is 9.18. The predicted molar refractivity (Wildman–Crippen MR) is 122 cm³/mol. The zero-order valence-corrected chi connectivity index (χ0v) is 17.6. The number of hydrogen-bond donors (Lipinski definition) is 2. The van der Waals surface area contributed by atoms with Crippen LogP contribution in [0.5, 0.6) is 0 Å². The molecule has 2 fully saturated rings. The number of hydrogen-bond acceptors (Lipinski definition) is 5. The van der Waals surface area contributed by atoms with Crippen LogP contribution in [0.2, 0.25) is 0 Å². The Morgan fingerprint density at radius 1 is 1.24 bits per heavy atom. The molecule has 0 bridgehead atoms. The molecule has 2 saturated heterocycles. The van der Waals surface area contributed by atoms with E-state index in [4.69, 9.17) is 4.99 Å². The summed E-state index contributed by atoms with van der Waals surface area (Å²) in [6.45, 7) is 16.8. The monoisotopic (exact) mass is 394 g/mol. The maximum absolute atomic E-state index is 4.74. The molecule has 2 N–H and O–H groups in total. The van der Waals surface area contributed by atoms with Crippen LogP contribution in [0.1, 0.15) is 36.9 Å². The van der Waals surface area contributed by atoms with Gasteiger partial charge in [0.1, 0.15) is 5.84 Å². The van der Waals surface area contributed by atoms with Crippen molar-refractivity contribution >= 4 is 12.6 Å². The first-order valence-electron chi connectivity index (χ1n) is 10.5. The van der Waals surface area contributed by atoms with Crippen LogP contribution >= 0.6 is 0 Å². The minimum Gasteiger partial charge on any atom is -0.331 e. The molecule has 1 aromatic carbocycles. The van der Waals surface area contributed by atoms with Crippen molar-refractivity contribution in [3.8, 4) is 0 Å². The van der Waals surface area contributed by atoms with Gasteiger partial charge in [-0.15, -0.1) is 0 Å². The van der Waals surface area contributed by atoms with E-state index in [1.54, 1.807) is 6.20 Å². The first-order chi connectivity index (χ1) is 14.2.